The number of carbonyl (C=O) groups is 2. The molecule has 0 aliphatic carbocycles. The van der Waals surface area contributed by atoms with Gasteiger partial charge in [-0.3, -0.25) is 9.59 Å². The quantitative estimate of drug-likeness (QED) is 0.636. The number of carbonyl (C=O) groups excluding carboxylic acids is 2. The lowest BCUT2D eigenvalue weighted by atomic mass is 9.96. The summed E-state index contributed by atoms with van der Waals surface area (Å²) in [6.07, 6.45) is 2.04. The molecule has 0 radical (unpaired) electrons. The van der Waals surface area contributed by atoms with E-state index >= 15 is 0 Å². The van der Waals surface area contributed by atoms with Crippen molar-refractivity contribution in [3.05, 3.63) is 54.4 Å². The van der Waals surface area contributed by atoms with E-state index < -0.39 is 0 Å². The molecule has 1 aromatic heterocycles. The number of piperidine rings is 1. The van der Waals surface area contributed by atoms with E-state index in [4.69, 9.17) is 4.42 Å². The van der Waals surface area contributed by atoms with Crippen molar-refractivity contribution < 1.29 is 14.0 Å². The molecular weight excluding hydrogens is 398 g/mol. The van der Waals surface area contributed by atoms with E-state index in [1.54, 1.807) is 16.7 Å². The smallest absolute Gasteiger partial charge is 0.237 e. The van der Waals surface area contributed by atoms with Gasteiger partial charge in [-0.2, -0.15) is 0 Å². The standard InChI is InChI=1S/C23H23N3O3S/c27-21(11-14-26-18-6-2-4-8-20(18)30-15-22(26)28)25-12-9-16(10-13-25)23-24-17-5-1-3-7-19(17)29-23/h1-8,16H,9-15H2. The van der Waals surface area contributed by atoms with Gasteiger partial charge < -0.3 is 14.2 Å². The van der Waals surface area contributed by atoms with Crippen molar-refractivity contribution in [3.8, 4) is 0 Å². The number of rotatable bonds is 4. The highest BCUT2D eigenvalue weighted by Gasteiger charge is 2.29. The number of thioether (sulfide) groups is 1. The van der Waals surface area contributed by atoms with Crippen LogP contribution in [0.15, 0.2) is 57.8 Å². The second-order valence-electron chi connectivity index (χ2n) is 7.73. The van der Waals surface area contributed by atoms with Crippen LogP contribution in [-0.2, 0) is 9.59 Å². The van der Waals surface area contributed by atoms with Gasteiger partial charge in [-0.25, -0.2) is 4.98 Å². The summed E-state index contributed by atoms with van der Waals surface area (Å²) in [5.41, 5.74) is 2.62. The number of aromatic nitrogens is 1. The largest absolute Gasteiger partial charge is 0.440 e. The van der Waals surface area contributed by atoms with Crippen LogP contribution in [-0.4, -0.2) is 47.1 Å². The summed E-state index contributed by atoms with van der Waals surface area (Å²) < 4.78 is 5.91. The van der Waals surface area contributed by atoms with Crippen LogP contribution >= 0.6 is 11.8 Å². The van der Waals surface area contributed by atoms with Gasteiger partial charge in [0.1, 0.15) is 5.52 Å². The average molecular weight is 422 g/mol. The molecule has 5 rings (SSSR count). The molecule has 2 aromatic carbocycles. The Hall–Kier alpha value is -2.80. The van der Waals surface area contributed by atoms with E-state index in [1.165, 1.54) is 0 Å². The minimum absolute atomic E-state index is 0.0705. The minimum Gasteiger partial charge on any atom is -0.440 e. The lowest BCUT2D eigenvalue weighted by Gasteiger charge is -2.32. The first-order valence-corrected chi connectivity index (χ1v) is 11.3. The summed E-state index contributed by atoms with van der Waals surface area (Å²) in [5.74, 6) is 1.63. The third kappa shape index (κ3) is 3.69. The van der Waals surface area contributed by atoms with E-state index in [0.29, 0.717) is 31.8 Å². The Labute approximate surface area is 179 Å². The number of oxazole rings is 1. The van der Waals surface area contributed by atoms with E-state index in [9.17, 15) is 9.59 Å². The fourth-order valence-electron chi connectivity index (χ4n) is 4.21. The molecule has 3 aromatic rings. The Balaban J connectivity index is 1.18. The van der Waals surface area contributed by atoms with Gasteiger partial charge in [0.05, 0.1) is 11.4 Å². The maximum atomic E-state index is 12.8. The van der Waals surface area contributed by atoms with Gasteiger partial charge in [-0.15, -0.1) is 11.8 Å². The zero-order chi connectivity index (χ0) is 20.5. The summed E-state index contributed by atoms with van der Waals surface area (Å²) in [6.45, 7) is 1.82. The third-order valence-electron chi connectivity index (χ3n) is 5.86. The van der Waals surface area contributed by atoms with Crippen LogP contribution < -0.4 is 4.90 Å². The second-order valence-corrected chi connectivity index (χ2v) is 8.74. The number of benzene rings is 2. The Bertz CT molecular complexity index is 1050. The molecule has 1 saturated heterocycles. The third-order valence-corrected chi connectivity index (χ3v) is 6.91. The highest BCUT2D eigenvalue weighted by atomic mass is 32.2. The van der Waals surface area contributed by atoms with Crippen molar-refractivity contribution in [2.24, 2.45) is 0 Å². The average Bonchev–Trinajstić information content (AvgIpc) is 3.23. The molecule has 3 heterocycles. The number of anilines is 1. The van der Waals surface area contributed by atoms with Crippen LogP contribution in [0.3, 0.4) is 0 Å². The van der Waals surface area contributed by atoms with Gasteiger partial charge in [0.15, 0.2) is 11.5 Å². The normalized spacial score (nSPS) is 17.4. The van der Waals surface area contributed by atoms with Crippen LogP contribution in [0.25, 0.3) is 11.1 Å². The van der Waals surface area contributed by atoms with Crippen molar-refractivity contribution in [3.63, 3.8) is 0 Å². The molecule has 0 unspecified atom stereocenters. The van der Waals surface area contributed by atoms with Crippen molar-refractivity contribution in [1.29, 1.82) is 0 Å². The number of fused-ring (bicyclic) bond motifs is 2. The van der Waals surface area contributed by atoms with Crippen molar-refractivity contribution in [2.45, 2.75) is 30.1 Å². The first-order valence-electron chi connectivity index (χ1n) is 10.3. The van der Waals surface area contributed by atoms with Gasteiger partial charge in [-0.05, 0) is 37.1 Å². The molecule has 0 bridgehead atoms. The van der Waals surface area contributed by atoms with E-state index in [-0.39, 0.29) is 17.7 Å². The summed E-state index contributed by atoms with van der Waals surface area (Å²) >= 11 is 1.56. The zero-order valence-corrected chi connectivity index (χ0v) is 17.4. The highest BCUT2D eigenvalue weighted by molar-refractivity contribution is 8.00. The Morgan fingerprint density at radius 3 is 2.70 bits per heavy atom. The fraction of sp³-hybridized carbons (Fsp3) is 0.348. The second kappa shape index (κ2) is 8.14. The first-order chi connectivity index (χ1) is 14.7. The Kier molecular flexibility index (Phi) is 5.21. The molecule has 30 heavy (non-hydrogen) atoms. The molecule has 6 nitrogen and oxygen atoms in total. The molecule has 0 atom stereocenters. The summed E-state index contributed by atoms with van der Waals surface area (Å²) in [4.78, 5) is 34.6. The van der Waals surface area contributed by atoms with Crippen molar-refractivity contribution >= 4 is 40.4 Å². The summed E-state index contributed by atoms with van der Waals surface area (Å²) in [6, 6.07) is 15.7. The zero-order valence-electron chi connectivity index (χ0n) is 16.6. The van der Waals surface area contributed by atoms with Gasteiger partial charge in [-0.1, -0.05) is 24.3 Å². The van der Waals surface area contributed by atoms with Gasteiger partial charge in [0.25, 0.3) is 0 Å². The Morgan fingerprint density at radius 2 is 1.87 bits per heavy atom. The molecular formula is C23H23N3O3S. The minimum atomic E-state index is 0.0705. The van der Waals surface area contributed by atoms with Crippen LogP contribution in [0.5, 0.6) is 0 Å². The first kappa shape index (κ1) is 19.2. The predicted octanol–water partition coefficient (Wildman–Crippen LogP) is 4.06. The molecule has 7 heteroatoms. The molecule has 154 valence electrons. The van der Waals surface area contributed by atoms with E-state index in [0.717, 1.165) is 40.4 Å². The monoisotopic (exact) mass is 421 g/mol. The molecule has 2 amide bonds. The number of para-hydroxylation sites is 3. The molecule has 2 aliphatic rings. The van der Waals surface area contributed by atoms with Crippen LogP contribution in [0, 0.1) is 0 Å². The maximum absolute atomic E-state index is 12.8. The van der Waals surface area contributed by atoms with Gasteiger partial charge in [0.2, 0.25) is 11.8 Å². The van der Waals surface area contributed by atoms with Crippen LogP contribution in [0.1, 0.15) is 31.1 Å². The Morgan fingerprint density at radius 1 is 1.10 bits per heavy atom. The SMILES string of the molecule is O=C(CCN1C(=O)CSc2ccccc21)N1CCC(c2nc3ccccc3o2)CC1. The number of hydrogen-bond donors (Lipinski definition) is 0. The fourth-order valence-corrected chi connectivity index (χ4v) is 5.14. The topological polar surface area (TPSA) is 66.7 Å². The highest BCUT2D eigenvalue weighted by Crippen LogP contribution is 2.35. The number of hydrogen-bond acceptors (Lipinski definition) is 5. The van der Waals surface area contributed by atoms with Crippen molar-refractivity contribution in [1.82, 2.24) is 9.88 Å². The van der Waals surface area contributed by atoms with Crippen LogP contribution in [0.4, 0.5) is 5.69 Å². The molecule has 0 spiro atoms. The predicted molar refractivity (Wildman–Crippen MR) is 117 cm³/mol. The van der Waals surface area contributed by atoms with Gasteiger partial charge >= 0.3 is 0 Å². The lowest BCUT2D eigenvalue weighted by Crippen LogP contribution is -2.42. The van der Waals surface area contributed by atoms with E-state index in [2.05, 4.69) is 4.98 Å². The molecule has 0 saturated carbocycles. The summed E-state index contributed by atoms with van der Waals surface area (Å²) in [7, 11) is 0. The molecule has 0 N–H and O–H groups in total. The number of nitrogens with zero attached hydrogens (tertiary/aromatic N) is 3. The molecule has 2 aliphatic heterocycles. The molecule has 1 fully saturated rings. The summed E-state index contributed by atoms with van der Waals surface area (Å²) in [5, 5.41) is 0. The number of likely N-dealkylation sites (tertiary alicyclic amines) is 1. The van der Waals surface area contributed by atoms with Crippen LogP contribution in [0.2, 0.25) is 0 Å². The maximum Gasteiger partial charge on any atom is 0.237 e. The lowest BCUT2D eigenvalue weighted by molar-refractivity contribution is -0.132. The number of amides is 2. The van der Waals surface area contributed by atoms with Gasteiger partial charge in [0, 0.05) is 36.9 Å². The van der Waals surface area contributed by atoms with E-state index in [1.807, 2.05) is 53.4 Å². The van der Waals surface area contributed by atoms with Crippen molar-refractivity contribution in [2.75, 3.05) is 30.3 Å².